The number of H-pyrrole nitrogens is 1. The van der Waals surface area contributed by atoms with Crippen LogP contribution in [0, 0.1) is 0 Å². The first-order chi connectivity index (χ1) is 13.2. The molecule has 4 rings (SSSR count). The molecule has 2 N–H and O–H groups in total. The van der Waals surface area contributed by atoms with Crippen molar-refractivity contribution in [2.45, 2.75) is 5.92 Å². The second kappa shape index (κ2) is 7.64. The van der Waals surface area contributed by atoms with Crippen molar-refractivity contribution in [2.75, 3.05) is 6.54 Å². The quantitative estimate of drug-likeness (QED) is 0.527. The molecule has 0 bridgehead atoms. The van der Waals surface area contributed by atoms with Gasteiger partial charge in [-0.05, 0) is 35.4 Å². The van der Waals surface area contributed by atoms with Crippen molar-refractivity contribution < 1.29 is 4.79 Å². The maximum Gasteiger partial charge on any atom is 0.251 e. The van der Waals surface area contributed by atoms with E-state index in [1.54, 1.807) is 24.5 Å². The van der Waals surface area contributed by atoms with E-state index >= 15 is 0 Å². The lowest BCUT2D eigenvalue weighted by Gasteiger charge is -2.19. The number of benzene rings is 2. The lowest BCUT2D eigenvalue weighted by molar-refractivity contribution is 0.0952. The summed E-state index contributed by atoms with van der Waals surface area (Å²) < 4.78 is 0. The number of amides is 1. The zero-order valence-electron chi connectivity index (χ0n) is 14.5. The monoisotopic (exact) mass is 375 g/mol. The van der Waals surface area contributed by atoms with E-state index in [-0.39, 0.29) is 11.8 Å². The summed E-state index contributed by atoms with van der Waals surface area (Å²) in [5.41, 5.74) is 3.74. The molecule has 0 radical (unpaired) electrons. The smallest absolute Gasteiger partial charge is 0.251 e. The van der Waals surface area contributed by atoms with Crippen LogP contribution in [0.5, 0.6) is 0 Å². The summed E-state index contributed by atoms with van der Waals surface area (Å²) in [5, 5.41) is 4.85. The zero-order valence-corrected chi connectivity index (χ0v) is 15.3. The van der Waals surface area contributed by atoms with Crippen molar-refractivity contribution in [3.8, 4) is 0 Å². The molecule has 0 aliphatic carbocycles. The topological polar surface area (TPSA) is 57.8 Å². The number of para-hydroxylation sites is 1. The Kier molecular flexibility index (Phi) is 4.90. The molecule has 134 valence electrons. The molecule has 5 heteroatoms. The van der Waals surface area contributed by atoms with Gasteiger partial charge in [0.1, 0.15) is 0 Å². The summed E-state index contributed by atoms with van der Waals surface area (Å²) in [6, 6.07) is 19.3. The summed E-state index contributed by atoms with van der Waals surface area (Å²) in [7, 11) is 0. The highest BCUT2D eigenvalue weighted by molar-refractivity contribution is 6.31. The molecule has 0 saturated heterocycles. The third kappa shape index (κ3) is 3.57. The van der Waals surface area contributed by atoms with Crippen molar-refractivity contribution in [1.29, 1.82) is 0 Å². The fraction of sp³-hybridized carbons (Fsp3) is 0.0909. The fourth-order valence-corrected chi connectivity index (χ4v) is 3.59. The number of hydrogen-bond donors (Lipinski definition) is 2. The number of aromatic nitrogens is 2. The molecule has 0 fully saturated rings. The standard InChI is InChI=1S/C22H18ClN3O/c23-20-7-3-1-5-16(20)18(14-26-22(27)15-9-11-24-12-10-15)19-13-25-21-8-4-2-6-17(19)21/h1-13,18,25H,14H2,(H,26,27). The molecule has 2 aromatic carbocycles. The lowest BCUT2D eigenvalue weighted by Crippen LogP contribution is -2.29. The van der Waals surface area contributed by atoms with Crippen molar-refractivity contribution in [1.82, 2.24) is 15.3 Å². The Morgan fingerprint density at radius 3 is 2.56 bits per heavy atom. The Bertz CT molecular complexity index is 1080. The van der Waals surface area contributed by atoms with Crippen LogP contribution in [0.25, 0.3) is 10.9 Å². The zero-order chi connectivity index (χ0) is 18.6. The highest BCUT2D eigenvalue weighted by Gasteiger charge is 2.21. The third-order valence-corrected chi connectivity index (χ3v) is 5.03. The van der Waals surface area contributed by atoms with Crippen molar-refractivity contribution in [2.24, 2.45) is 0 Å². The molecule has 1 amide bonds. The van der Waals surface area contributed by atoms with Gasteiger partial charge in [0.05, 0.1) is 0 Å². The van der Waals surface area contributed by atoms with Gasteiger partial charge in [-0.2, -0.15) is 0 Å². The number of aromatic amines is 1. The molecule has 27 heavy (non-hydrogen) atoms. The molecular weight excluding hydrogens is 358 g/mol. The number of halogens is 1. The number of nitrogens with one attached hydrogen (secondary N) is 2. The Balaban J connectivity index is 1.69. The number of fused-ring (bicyclic) bond motifs is 1. The predicted octanol–water partition coefficient (Wildman–Crippen LogP) is 4.78. The van der Waals surface area contributed by atoms with Gasteiger partial charge in [-0.3, -0.25) is 9.78 Å². The van der Waals surface area contributed by atoms with Gasteiger partial charge in [0, 0.05) is 52.5 Å². The number of nitrogens with zero attached hydrogens (tertiary/aromatic N) is 1. The van der Waals surface area contributed by atoms with Gasteiger partial charge in [0.25, 0.3) is 5.91 Å². The lowest BCUT2D eigenvalue weighted by atomic mass is 9.90. The van der Waals surface area contributed by atoms with Gasteiger partial charge in [-0.1, -0.05) is 48.0 Å². The van der Waals surface area contributed by atoms with E-state index in [1.165, 1.54) is 0 Å². The Morgan fingerprint density at radius 2 is 1.74 bits per heavy atom. The van der Waals surface area contributed by atoms with Gasteiger partial charge in [-0.15, -0.1) is 0 Å². The molecule has 0 aliphatic heterocycles. The summed E-state index contributed by atoms with van der Waals surface area (Å²) in [6.45, 7) is 0.437. The van der Waals surface area contributed by atoms with E-state index in [1.807, 2.05) is 48.7 Å². The average Bonchev–Trinajstić information content (AvgIpc) is 3.14. The molecule has 0 spiro atoms. The minimum absolute atomic E-state index is 0.0689. The Hall–Kier alpha value is -3.11. The largest absolute Gasteiger partial charge is 0.361 e. The predicted molar refractivity (Wildman–Crippen MR) is 108 cm³/mol. The molecule has 0 aliphatic rings. The van der Waals surface area contributed by atoms with E-state index in [2.05, 4.69) is 21.4 Å². The molecular formula is C22H18ClN3O. The average molecular weight is 376 g/mol. The van der Waals surface area contributed by atoms with Crippen LogP contribution in [-0.4, -0.2) is 22.4 Å². The Labute approximate surface area is 162 Å². The van der Waals surface area contributed by atoms with Gasteiger partial charge in [0.15, 0.2) is 0 Å². The summed E-state index contributed by atoms with van der Waals surface area (Å²) >= 11 is 6.49. The minimum atomic E-state index is -0.130. The van der Waals surface area contributed by atoms with Gasteiger partial charge < -0.3 is 10.3 Å². The Morgan fingerprint density at radius 1 is 1.00 bits per heavy atom. The number of carbonyl (C=O) groups is 1. The minimum Gasteiger partial charge on any atom is -0.361 e. The first-order valence-corrected chi connectivity index (χ1v) is 9.10. The third-order valence-electron chi connectivity index (χ3n) is 4.69. The molecule has 4 nitrogen and oxygen atoms in total. The van der Waals surface area contributed by atoms with Crippen LogP contribution in [0.15, 0.2) is 79.3 Å². The SMILES string of the molecule is O=C(NCC(c1ccccc1Cl)c1c[nH]c2ccccc12)c1ccncc1. The van der Waals surface area contributed by atoms with Gasteiger partial charge in [0.2, 0.25) is 0 Å². The first-order valence-electron chi connectivity index (χ1n) is 8.72. The second-order valence-electron chi connectivity index (χ2n) is 6.31. The molecule has 1 unspecified atom stereocenters. The summed E-state index contributed by atoms with van der Waals surface area (Å²) in [4.78, 5) is 19.8. The summed E-state index contributed by atoms with van der Waals surface area (Å²) in [6.07, 6.45) is 5.22. The second-order valence-corrected chi connectivity index (χ2v) is 6.72. The van der Waals surface area contributed by atoms with Crippen LogP contribution in [-0.2, 0) is 0 Å². The molecule has 2 heterocycles. The van der Waals surface area contributed by atoms with Crippen molar-refractivity contribution >= 4 is 28.4 Å². The highest BCUT2D eigenvalue weighted by Crippen LogP contribution is 2.34. The summed E-state index contributed by atoms with van der Waals surface area (Å²) in [5.74, 6) is -0.199. The van der Waals surface area contributed by atoms with Crippen LogP contribution in [0.1, 0.15) is 27.4 Å². The number of rotatable bonds is 5. The van der Waals surface area contributed by atoms with Gasteiger partial charge in [-0.25, -0.2) is 0 Å². The van der Waals surface area contributed by atoms with Crippen LogP contribution < -0.4 is 5.32 Å². The van der Waals surface area contributed by atoms with Crippen molar-refractivity contribution in [3.05, 3.63) is 101 Å². The highest BCUT2D eigenvalue weighted by atomic mass is 35.5. The van der Waals surface area contributed by atoms with Crippen molar-refractivity contribution in [3.63, 3.8) is 0 Å². The molecule has 2 aromatic heterocycles. The van der Waals surface area contributed by atoms with E-state index < -0.39 is 0 Å². The van der Waals surface area contributed by atoms with Crippen LogP contribution in [0.2, 0.25) is 5.02 Å². The van der Waals surface area contributed by atoms with Crippen LogP contribution in [0.3, 0.4) is 0 Å². The number of carbonyl (C=O) groups excluding carboxylic acids is 1. The normalized spacial score (nSPS) is 12.0. The van der Waals surface area contributed by atoms with E-state index in [0.717, 1.165) is 22.0 Å². The molecule has 1 atom stereocenters. The number of hydrogen-bond acceptors (Lipinski definition) is 2. The van der Waals surface area contributed by atoms with Crippen LogP contribution >= 0.6 is 11.6 Å². The van der Waals surface area contributed by atoms with Gasteiger partial charge >= 0.3 is 0 Å². The fourth-order valence-electron chi connectivity index (χ4n) is 3.33. The maximum atomic E-state index is 12.5. The van der Waals surface area contributed by atoms with Crippen LogP contribution in [0.4, 0.5) is 0 Å². The molecule has 0 saturated carbocycles. The first kappa shape index (κ1) is 17.3. The number of pyridine rings is 1. The van der Waals surface area contributed by atoms with E-state index in [9.17, 15) is 4.79 Å². The maximum absolute atomic E-state index is 12.5. The molecule has 4 aromatic rings. The van der Waals surface area contributed by atoms with E-state index in [4.69, 9.17) is 11.6 Å². The van der Waals surface area contributed by atoms with E-state index in [0.29, 0.717) is 17.1 Å².